The lowest BCUT2D eigenvalue weighted by Gasteiger charge is -2.27. The molecule has 1 aromatic heterocycles. The summed E-state index contributed by atoms with van der Waals surface area (Å²) in [4.78, 5) is 18.7. The van der Waals surface area contributed by atoms with Crippen LogP contribution in [-0.4, -0.2) is 60.8 Å². The molecule has 0 saturated carbocycles. The highest BCUT2D eigenvalue weighted by atomic mass is 32.2. The summed E-state index contributed by atoms with van der Waals surface area (Å²) in [5.74, 6) is -1.30. The predicted octanol–water partition coefficient (Wildman–Crippen LogP) is 2.61. The van der Waals surface area contributed by atoms with E-state index >= 15 is 0 Å². The van der Waals surface area contributed by atoms with Crippen molar-refractivity contribution in [2.24, 2.45) is 0 Å². The van der Waals surface area contributed by atoms with Gasteiger partial charge in [-0.15, -0.1) is 0 Å². The molecule has 31 heavy (non-hydrogen) atoms. The highest BCUT2D eigenvalue weighted by Crippen LogP contribution is 2.15. The molecule has 1 fully saturated rings. The van der Waals surface area contributed by atoms with Crippen LogP contribution in [0, 0.1) is 5.82 Å². The van der Waals surface area contributed by atoms with Gasteiger partial charge in [0.25, 0.3) is 0 Å². The van der Waals surface area contributed by atoms with Gasteiger partial charge in [0.1, 0.15) is 5.82 Å². The monoisotopic (exact) mass is 452 g/mol. The molecule has 0 unspecified atom stereocenters. The zero-order valence-corrected chi connectivity index (χ0v) is 18.5. The number of hydrogen-bond donors (Lipinski definition) is 1. The fourth-order valence-electron chi connectivity index (χ4n) is 3.62. The van der Waals surface area contributed by atoms with E-state index in [1.807, 2.05) is 0 Å². The fourth-order valence-corrected chi connectivity index (χ4v) is 4.86. The zero-order chi connectivity index (χ0) is 22.3. The summed E-state index contributed by atoms with van der Waals surface area (Å²) < 4.78 is 42.6. The predicted molar refractivity (Wildman–Crippen MR) is 113 cm³/mol. The molecule has 1 saturated heterocycles. The number of carbonyl (C=O) groups excluding carboxylic acids is 1. The van der Waals surface area contributed by atoms with Gasteiger partial charge < -0.3 is 14.7 Å². The molecule has 3 rings (SSSR count). The Morgan fingerprint density at radius 1 is 1.19 bits per heavy atom. The van der Waals surface area contributed by atoms with E-state index in [4.69, 9.17) is 4.52 Å². The topological polar surface area (TPSA) is 105 Å². The number of nitrogens with one attached hydrogen (secondary N) is 1. The number of halogens is 1. The van der Waals surface area contributed by atoms with Crippen LogP contribution in [0.4, 0.5) is 4.39 Å². The van der Waals surface area contributed by atoms with Crippen molar-refractivity contribution < 1.29 is 22.1 Å². The lowest BCUT2D eigenvalue weighted by Crippen LogP contribution is -2.37. The summed E-state index contributed by atoms with van der Waals surface area (Å²) in [6.45, 7) is 4.86. The summed E-state index contributed by atoms with van der Waals surface area (Å²) in [7, 11) is -3.62. The van der Waals surface area contributed by atoms with Crippen LogP contribution in [0.2, 0.25) is 0 Å². The zero-order valence-electron chi connectivity index (χ0n) is 17.7. The van der Waals surface area contributed by atoms with Crippen molar-refractivity contribution >= 4 is 15.7 Å². The van der Waals surface area contributed by atoms with Gasteiger partial charge in [0.05, 0.1) is 10.6 Å². The lowest BCUT2D eigenvalue weighted by atomic mass is 10.2. The Hall–Kier alpha value is -2.33. The molecule has 1 atom stereocenters. The number of amides is 1. The molecular weight excluding hydrogens is 423 g/mol. The highest BCUT2D eigenvalue weighted by Gasteiger charge is 2.20. The van der Waals surface area contributed by atoms with Crippen molar-refractivity contribution in [3.8, 4) is 0 Å². The molecule has 0 aliphatic carbocycles. The Labute approximate surface area is 182 Å². The Morgan fingerprint density at radius 2 is 1.87 bits per heavy atom. The molecule has 2 aromatic rings. The van der Waals surface area contributed by atoms with Crippen LogP contribution < -0.4 is 5.32 Å². The summed E-state index contributed by atoms with van der Waals surface area (Å²) in [5.41, 5.74) is 0. The summed E-state index contributed by atoms with van der Waals surface area (Å²) in [6.07, 6.45) is 5.82. The van der Waals surface area contributed by atoms with Gasteiger partial charge in [0, 0.05) is 19.0 Å². The van der Waals surface area contributed by atoms with Crippen molar-refractivity contribution in [1.82, 2.24) is 20.4 Å². The van der Waals surface area contributed by atoms with E-state index in [-0.39, 0.29) is 28.8 Å². The Kier molecular flexibility index (Phi) is 8.14. The first-order chi connectivity index (χ1) is 14.8. The van der Waals surface area contributed by atoms with Gasteiger partial charge in [-0.25, -0.2) is 12.8 Å². The van der Waals surface area contributed by atoms with Crippen molar-refractivity contribution in [2.75, 3.05) is 25.4 Å². The van der Waals surface area contributed by atoms with Crippen LogP contribution in [0.3, 0.4) is 0 Å². The maximum atomic E-state index is 13.0. The van der Waals surface area contributed by atoms with Gasteiger partial charge in [-0.05, 0) is 63.5 Å². The molecule has 8 nitrogen and oxygen atoms in total. The highest BCUT2D eigenvalue weighted by molar-refractivity contribution is 7.91. The SMILES string of the molecule is C[C@@H](CCNC(=O)c1nc(CCS(=O)(=O)c2ccc(F)cc2)no1)N1CCCCCC1. The third-order valence-corrected chi connectivity index (χ3v) is 7.27. The minimum Gasteiger partial charge on any atom is -0.348 e. The molecule has 0 spiro atoms. The molecule has 2 heterocycles. The second-order valence-corrected chi connectivity index (χ2v) is 9.99. The molecule has 1 aliphatic heterocycles. The third kappa shape index (κ3) is 6.83. The molecule has 10 heteroatoms. The molecule has 1 aromatic carbocycles. The van der Waals surface area contributed by atoms with E-state index in [9.17, 15) is 17.6 Å². The van der Waals surface area contributed by atoms with Gasteiger partial charge in [-0.2, -0.15) is 4.98 Å². The Morgan fingerprint density at radius 3 is 2.55 bits per heavy atom. The summed E-state index contributed by atoms with van der Waals surface area (Å²) in [5, 5.41) is 6.48. The number of carbonyl (C=O) groups is 1. The van der Waals surface area contributed by atoms with E-state index in [1.54, 1.807) is 0 Å². The summed E-state index contributed by atoms with van der Waals surface area (Å²) >= 11 is 0. The van der Waals surface area contributed by atoms with E-state index in [1.165, 1.54) is 37.8 Å². The molecule has 1 aliphatic rings. The first-order valence-corrected chi connectivity index (χ1v) is 12.3. The largest absolute Gasteiger partial charge is 0.348 e. The van der Waals surface area contributed by atoms with Crippen molar-refractivity contribution in [3.05, 3.63) is 41.8 Å². The number of aryl methyl sites for hydroxylation is 1. The normalized spacial score (nSPS) is 16.6. The first kappa shape index (κ1) is 23.3. The number of rotatable bonds is 9. The van der Waals surface area contributed by atoms with E-state index in [2.05, 4.69) is 27.3 Å². The molecule has 0 bridgehead atoms. The van der Waals surface area contributed by atoms with Crippen molar-refractivity contribution in [2.45, 2.75) is 56.4 Å². The molecule has 1 amide bonds. The minimum atomic E-state index is -3.62. The lowest BCUT2D eigenvalue weighted by molar-refractivity contribution is 0.0904. The van der Waals surface area contributed by atoms with Crippen LogP contribution in [0.25, 0.3) is 0 Å². The smallest absolute Gasteiger partial charge is 0.315 e. The maximum absolute atomic E-state index is 13.0. The van der Waals surface area contributed by atoms with Crippen LogP contribution >= 0.6 is 0 Å². The standard InChI is InChI=1S/C21H29FN4O4S/c1-16(26-13-4-2-3-5-14-26)10-12-23-20(27)21-24-19(25-30-21)11-15-31(28,29)18-8-6-17(22)7-9-18/h6-9,16H,2-5,10-15H2,1H3,(H,23,27)/t16-/m0/s1. The van der Waals surface area contributed by atoms with Crippen LogP contribution in [-0.2, 0) is 16.3 Å². The number of benzene rings is 1. The summed E-state index contributed by atoms with van der Waals surface area (Å²) in [6, 6.07) is 5.00. The van der Waals surface area contributed by atoms with Gasteiger partial charge in [0.15, 0.2) is 15.7 Å². The van der Waals surface area contributed by atoms with Crippen LogP contribution in [0.15, 0.2) is 33.7 Å². The molecular formula is C21H29FN4O4S. The minimum absolute atomic E-state index is 0.0114. The number of hydrogen-bond acceptors (Lipinski definition) is 7. The van der Waals surface area contributed by atoms with Gasteiger partial charge in [-0.3, -0.25) is 4.79 Å². The first-order valence-electron chi connectivity index (χ1n) is 10.7. The second-order valence-electron chi connectivity index (χ2n) is 7.88. The van der Waals surface area contributed by atoms with Crippen LogP contribution in [0.1, 0.15) is 55.5 Å². The maximum Gasteiger partial charge on any atom is 0.315 e. The van der Waals surface area contributed by atoms with E-state index < -0.39 is 21.6 Å². The Bertz CT molecular complexity index is 954. The van der Waals surface area contributed by atoms with Gasteiger partial charge in [0.2, 0.25) is 0 Å². The van der Waals surface area contributed by atoms with Crippen molar-refractivity contribution in [1.29, 1.82) is 0 Å². The molecule has 170 valence electrons. The number of nitrogens with zero attached hydrogens (tertiary/aromatic N) is 3. The van der Waals surface area contributed by atoms with Gasteiger partial charge in [-0.1, -0.05) is 18.0 Å². The van der Waals surface area contributed by atoms with E-state index in [0.29, 0.717) is 12.6 Å². The average molecular weight is 453 g/mol. The van der Waals surface area contributed by atoms with E-state index in [0.717, 1.165) is 31.6 Å². The number of sulfone groups is 1. The van der Waals surface area contributed by atoms with Crippen molar-refractivity contribution in [3.63, 3.8) is 0 Å². The molecule has 1 N–H and O–H groups in total. The average Bonchev–Trinajstić information content (AvgIpc) is 3.06. The third-order valence-electron chi connectivity index (χ3n) is 5.54. The Balaban J connectivity index is 1.45. The fraction of sp³-hybridized carbons (Fsp3) is 0.571. The molecule has 0 radical (unpaired) electrons. The number of likely N-dealkylation sites (tertiary alicyclic amines) is 1. The van der Waals surface area contributed by atoms with Gasteiger partial charge >= 0.3 is 11.8 Å². The number of aromatic nitrogens is 2. The quantitative estimate of drug-likeness (QED) is 0.583. The van der Waals surface area contributed by atoms with Crippen LogP contribution in [0.5, 0.6) is 0 Å². The second kappa shape index (κ2) is 10.8.